The van der Waals surface area contributed by atoms with Gasteiger partial charge >= 0.3 is 6.09 Å². The molecule has 58 heavy (non-hydrogen) atoms. The van der Waals surface area contributed by atoms with Crippen LogP contribution >= 0.6 is 0 Å². The second kappa shape index (κ2) is 18.4. The third-order valence-corrected chi connectivity index (χ3v) is 9.68. The van der Waals surface area contributed by atoms with Gasteiger partial charge in [0.05, 0.1) is 60.2 Å². The molecule has 6 rings (SSSR count). The zero-order valence-corrected chi connectivity index (χ0v) is 31.5. The molecule has 0 spiro atoms. The van der Waals surface area contributed by atoms with Gasteiger partial charge in [0.1, 0.15) is 22.7 Å². The van der Waals surface area contributed by atoms with Crippen LogP contribution in [-0.2, 0) is 4.74 Å². The molecule has 1 aliphatic heterocycles. The third-order valence-electron chi connectivity index (χ3n) is 9.68. The molecule has 2 aliphatic rings. The summed E-state index contributed by atoms with van der Waals surface area (Å²) in [7, 11) is 0. The van der Waals surface area contributed by atoms with Crippen LogP contribution in [0.4, 0.5) is 4.79 Å². The average Bonchev–Trinajstić information content (AvgIpc) is 3.99. The Hall–Kier alpha value is -8.29. The molecule has 0 atom stereocenters. The summed E-state index contributed by atoms with van der Waals surface area (Å²) in [6.07, 6.45) is 11.2. The number of allylic oxidation sites excluding steroid dienone is 13. The molecule has 0 bridgehead atoms. The van der Waals surface area contributed by atoms with Gasteiger partial charge in [-0.3, -0.25) is 0 Å². The van der Waals surface area contributed by atoms with Crippen molar-refractivity contribution in [3.63, 3.8) is 0 Å². The lowest BCUT2D eigenvalue weighted by Gasteiger charge is -2.37. The van der Waals surface area contributed by atoms with Crippen molar-refractivity contribution in [3.8, 4) is 30.3 Å². The predicted molar refractivity (Wildman–Crippen MR) is 215 cm³/mol. The summed E-state index contributed by atoms with van der Waals surface area (Å²) >= 11 is 0. The molecule has 0 saturated carbocycles. The van der Waals surface area contributed by atoms with Crippen molar-refractivity contribution in [1.29, 1.82) is 26.3 Å². The molecule has 0 unspecified atom stereocenters. The Morgan fingerprint density at radius 3 is 2.12 bits per heavy atom. The lowest BCUT2D eigenvalue weighted by molar-refractivity contribution is 0.0873. The number of carbonyl (C=O) groups is 1. The van der Waals surface area contributed by atoms with Crippen LogP contribution < -0.4 is 0 Å². The molecular weight excluding hydrogens is 729 g/mol. The molecule has 282 valence electrons. The molecule has 1 fully saturated rings. The maximum absolute atomic E-state index is 12.5. The van der Waals surface area contributed by atoms with Gasteiger partial charge in [0.2, 0.25) is 0 Å². The van der Waals surface area contributed by atoms with Crippen LogP contribution in [0.3, 0.4) is 0 Å². The summed E-state index contributed by atoms with van der Waals surface area (Å²) in [6, 6.07) is 28.1. The van der Waals surface area contributed by atoms with E-state index < -0.39 is 5.92 Å². The SMILES string of the molecule is [C-]#[N+]/C(C#N)=C(/C(C#N)=C/C=C/C1=C(N2CCN(C(=O)OCC)CC2)C(=C/C=C/C(C#N)=C(\c2cc3ccccc3o2)C(C#N)C#N)/CC1)c1cc2ccccc2o1. The molecular formula is C46H34N8O4. The Morgan fingerprint density at radius 2 is 1.53 bits per heavy atom. The van der Waals surface area contributed by atoms with Crippen LogP contribution in [0.5, 0.6) is 0 Å². The maximum atomic E-state index is 12.5. The summed E-state index contributed by atoms with van der Waals surface area (Å²) < 4.78 is 17.2. The summed E-state index contributed by atoms with van der Waals surface area (Å²) in [4.78, 5) is 19.7. The fraction of sp³-hybridized carbons (Fsp3) is 0.196. The van der Waals surface area contributed by atoms with Crippen LogP contribution in [0, 0.1) is 69.1 Å². The highest BCUT2D eigenvalue weighted by molar-refractivity contribution is 5.91. The number of para-hydroxylation sites is 2. The molecule has 1 amide bonds. The van der Waals surface area contributed by atoms with Crippen molar-refractivity contribution in [2.75, 3.05) is 32.8 Å². The molecule has 1 saturated heterocycles. The number of nitrogens with zero attached hydrogens (tertiary/aromatic N) is 8. The zero-order valence-electron chi connectivity index (χ0n) is 31.5. The Kier molecular flexibility index (Phi) is 12.5. The average molecular weight is 763 g/mol. The number of ether oxygens (including phenoxy) is 1. The zero-order chi connectivity index (χ0) is 41.0. The molecule has 3 heterocycles. The number of fused-ring (bicyclic) bond motifs is 2. The Balaban J connectivity index is 1.38. The Bertz CT molecular complexity index is 2660. The Morgan fingerprint density at radius 1 is 0.879 bits per heavy atom. The highest BCUT2D eigenvalue weighted by atomic mass is 16.6. The van der Waals surface area contributed by atoms with Crippen LogP contribution in [0.15, 0.2) is 140 Å². The van der Waals surface area contributed by atoms with Crippen LogP contribution in [0.2, 0.25) is 0 Å². The van der Waals surface area contributed by atoms with Crippen molar-refractivity contribution in [3.05, 3.63) is 154 Å². The highest BCUT2D eigenvalue weighted by Crippen LogP contribution is 2.37. The van der Waals surface area contributed by atoms with E-state index >= 15 is 0 Å². The number of furan rings is 2. The van der Waals surface area contributed by atoms with Gasteiger partial charge in [0, 0.05) is 48.2 Å². The normalized spacial score (nSPS) is 16.2. The first-order valence-electron chi connectivity index (χ1n) is 18.4. The minimum absolute atomic E-state index is 0.0777. The third kappa shape index (κ3) is 8.34. The smallest absolute Gasteiger partial charge is 0.409 e. The highest BCUT2D eigenvalue weighted by Gasteiger charge is 2.29. The molecule has 1 aliphatic carbocycles. The predicted octanol–water partition coefficient (Wildman–Crippen LogP) is 9.28. The van der Waals surface area contributed by atoms with E-state index in [1.165, 1.54) is 0 Å². The number of amides is 1. The quantitative estimate of drug-likeness (QED) is 0.0857. The van der Waals surface area contributed by atoms with Gasteiger partial charge in [0.25, 0.3) is 5.70 Å². The van der Waals surface area contributed by atoms with Gasteiger partial charge in [-0.15, -0.1) is 0 Å². The first kappa shape index (κ1) is 39.4. The summed E-state index contributed by atoms with van der Waals surface area (Å²) in [5.41, 5.74) is 4.13. The van der Waals surface area contributed by atoms with E-state index in [4.69, 9.17) is 20.1 Å². The first-order valence-corrected chi connectivity index (χ1v) is 18.4. The minimum Gasteiger partial charge on any atom is -0.457 e. The fourth-order valence-corrected chi connectivity index (χ4v) is 6.98. The van der Waals surface area contributed by atoms with E-state index in [1.807, 2.05) is 66.8 Å². The van der Waals surface area contributed by atoms with Gasteiger partial charge in [-0.1, -0.05) is 60.7 Å². The minimum atomic E-state index is -1.26. The van der Waals surface area contributed by atoms with E-state index in [9.17, 15) is 31.1 Å². The molecule has 0 radical (unpaired) electrons. The van der Waals surface area contributed by atoms with Crippen molar-refractivity contribution in [2.24, 2.45) is 5.92 Å². The second-order valence-electron chi connectivity index (χ2n) is 13.0. The molecule has 4 aromatic rings. The summed E-state index contributed by atoms with van der Waals surface area (Å²) in [5.74, 6) is -0.760. The van der Waals surface area contributed by atoms with E-state index in [-0.39, 0.29) is 52.2 Å². The largest absolute Gasteiger partial charge is 0.457 e. The van der Waals surface area contributed by atoms with Crippen molar-refractivity contribution < 1.29 is 18.4 Å². The van der Waals surface area contributed by atoms with Crippen molar-refractivity contribution >= 4 is 39.2 Å². The van der Waals surface area contributed by atoms with Crippen LogP contribution in [0.1, 0.15) is 31.3 Å². The van der Waals surface area contributed by atoms with Gasteiger partial charge in [-0.2, -0.15) is 21.0 Å². The molecule has 2 aromatic carbocycles. The number of carbonyl (C=O) groups excluding carboxylic acids is 1. The van der Waals surface area contributed by atoms with Gasteiger partial charge in [-0.25, -0.2) is 14.9 Å². The standard InChI is InChI=1S/C46H34N8O4/c1-3-56-46(55)54-22-20-53(21-23-54)45-31(12-8-14-35(26-47)43(37(28-49)29-50)41-24-33-10-4-6-16-39(33)57-41)18-19-32(45)13-9-15-36(27-48)44(38(30-51)52-2)42-25-34-11-5-7-17-40(34)58-42/h4-17,24-25,37H,3,18-23H2,1H3/b13-9+,14-8+,31-12+,36-15+,43-35+,44-38-. The lowest BCUT2D eigenvalue weighted by Crippen LogP contribution is -2.48. The number of hydrogen-bond donors (Lipinski definition) is 0. The lowest BCUT2D eigenvalue weighted by atomic mass is 9.94. The van der Waals surface area contributed by atoms with E-state index in [2.05, 4.69) is 21.9 Å². The monoisotopic (exact) mass is 762 g/mol. The number of nitriles is 5. The molecule has 12 nitrogen and oxygen atoms in total. The van der Waals surface area contributed by atoms with E-state index in [1.54, 1.807) is 60.4 Å². The van der Waals surface area contributed by atoms with Gasteiger partial charge in [-0.05, 0) is 67.3 Å². The molecule has 12 heteroatoms. The molecule has 2 aromatic heterocycles. The Labute approximate surface area is 335 Å². The van der Waals surface area contributed by atoms with Gasteiger partial charge < -0.3 is 23.4 Å². The van der Waals surface area contributed by atoms with Gasteiger partial charge in [0.15, 0.2) is 5.92 Å². The van der Waals surface area contributed by atoms with E-state index in [0.29, 0.717) is 50.2 Å². The number of benzene rings is 2. The van der Waals surface area contributed by atoms with Crippen molar-refractivity contribution in [1.82, 2.24) is 9.80 Å². The first-order chi connectivity index (χ1) is 28.4. The number of piperazine rings is 1. The topological polar surface area (TPSA) is 182 Å². The maximum Gasteiger partial charge on any atom is 0.409 e. The summed E-state index contributed by atoms with van der Waals surface area (Å²) in [5, 5.41) is 51.6. The molecule has 0 N–H and O–H groups in total. The van der Waals surface area contributed by atoms with Crippen LogP contribution in [0.25, 0.3) is 37.9 Å². The number of hydrogen-bond acceptors (Lipinski definition) is 10. The fourth-order valence-electron chi connectivity index (χ4n) is 6.98. The second-order valence-corrected chi connectivity index (χ2v) is 13.0. The van der Waals surface area contributed by atoms with E-state index in [0.717, 1.165) is 27.6 Å². The van der Waals surface area contributed by atoms with Crippen molar-refractivity contribution in [2.45, 2.75) is 19.8 Å². The summed E-state index contributed by atoms with van der Waals surface area (Å²) in [6.45, 7) is 11.6. The number of rotatable bonds is 10. The van der Waals surface area contributed by atoms with Crippen LogP contribution in [-0.4, -0.2) is 48.7 Å².